The second-order valence-electron chi connectivity index (χ2n) is 6.49. The number of rotatable bonds is 6. The fourth-order valence-electron chi connectivity index (χ4n) is 3.29. The first-order chi connectivity index (χ1) is 14.3. The Morgan fingerprint density at radius 2 is 1.97 bits per heavy atom. The maximum atomic E-state index is 12.5. The zero-order valence-corrected chi connectivity index (χ0v) is 15.7. The number of para-hydroxylation sites is 3. The molecule has 0 fully saturated rings. The number of nitrogens with one attached hydrogen (secondary N) is 1. The van der Waals surface area contributed by atoms with Gasteiger partial charge in [0.2, 0.25) is 5.91 Å². The highest BCUT2D eigenvalue weighted by Crippen LogP contribution is 2.23. The third-order valence-electron chi connectivity index (χ3n) is 4.61. The number of amides is 1. The summed E-state index contributed by atoms with van der Waals surface area (Å²) in [4.78, 5) is 12.5. The molecule has 0 bridgehead atoms. The predicted molar refractivity (Wildman–Crippen MR) is 113 cm³/mol. The lowest BCUT2D eigenvalue weighted by atomic mass is 10.1. The van der Waals surface area contributed by atoms with Crippen molar-refractivity contribution in [3.63, 3.8) is 0 Å². The van der Waals surface area contributed by atoms with E-state index in [1.165, 1.54) is 6.08 Å². The highest BCUT2D eigenvalue weighted by molar-refractivity contribution is 6.04. The van der Waals surface area contributed by atoms with Crippen molar-refractivity contribution < 1.29 is 4.79 Å². The molecule has 0 radical (unpaired) electrons. The lowest BCUT2D eigenvalue weighted by Crippen LogP contribution is -2.10. The lowest BCUT2D eigenvalue weighted by Gasteiger charge is -2.09. The molecule has 0 unspecified atom stereocenters. The average Bonchev–Trinajstić information content (AvgIpc) is 3.40. The van der Waals surface area contributed by atoms with Crippen molar-refractivity contribution in [3.05, 3.63) is 84.8 Å². The van der Waals surface area contributed by atoms with Gasteiger partial charge in [-0.1, -0.05) is 30.3 Å². The molecule has 0 atom stereocenters. The van der Waals surface area contributed by atoms with Crippen LogP contribution in [0.2, 0.25) is 0 Å². The summed E-state index contributed by atoms with van der Waals surface area (Å²) >= 11 is 0. The summed E-state index contributed by atoms with van der Waals surface area (Å²) in [5, 5.41) is 17.1. The van der Waals surface area contributed by atoms with Gasteiger partial charge in [0.1, 0.15) is 0 Å². The summed E-state index contributed by atoms with van der Waals surface area (Å²) in [6, 6.07) is 19.5. The Bertz CT molecular complexity index is 1210. The van der Waals surface area contributed by atoms with Crippen molar-refractivity contribution in [2.75, 3.05) is 5.32 Å². The Kier molecular flexibility index (Phi) is 5.21. The van der Waals surface area contributed by atoms with Gasteiger partial charge in [0.15, 0.2) is 0 Å². The molecule has 0 aliphatic carbocycles. The van der Waals surface area contributed by atoms with Gasteiger partial charge in [-0.3, -0.25) is 4.79 Å². The average molecular weight is 381 g/mol. The number of aromatic nitrogens is 3. The first kappa shape index (κ1) is 18.3. The Hall–Kier alpha value is -4.11. The van der Waals surface area contributed by atoms with Gasteiger partial charge >= 0.3 is 0 Å². The van der Waals surface area contributed by atoms with Gasteiger partial charge in [0.25, 0.3) is 0 Å². The molecule has 6 nitrogen and oxygen atoms in total. The molecule has 2 heterocycles. The van der Waals surface area contributed by atoms with Crippen molar-refractivity contribution >= 4 is 28.6 Å². The maximum absolute atomic E-state index is 12.5. The first-order valence-corrected chi connectivity index (χ1v) is 9.29. The Morgan fingerprint density at radius 1 is 1.14 bits per heavy atom. The molecule has 0 aliphatic rings. The number of fused-ring (bicyclic) bond motifs is 1. The van der Waals surface area contributed by atoms with E-state index in [0.29, 0.717) is 18.7 Å². The standard InChI is InChI=1S/C23H19N5O/c24-13-5-15-27-17-18(19-7-1-3-9-21(19)27)11-12-23(29)26-20-8-2-4-10-22(20)28-16-6-14-25-28/h1-4,6-12,14,16-17H,5,15H2,(H,26,29)/b12-11+. The van der Waals surface area contributed by atoms with Crippen LogP contribution in [-0.2, 0) is 11.3 Å². The molecule has 29 heavy (non-hydrogen) atoms. The van der Waals surface area contributed by atoms with Crippen LogP contribution in [0.1, 0.15) is 12.0 Å². The molecule has 0 saturated carbocycles. The third kappa shape index (κ3) is 3.94. The number of nitrogens with zero attached hydrogens (tertiary/aromatic N) is 4. The fourth-order valence-corrected chi connectivity index (χ4v) is 3.29. The van der Waals surface area contributed by atoms with Crippen LogP contribution in [-0.4, -0.2) is 20.3 Å². The van der Waals surface area contributed by atoms with E-state index in [0.717, 1.165) is 22.2 Å². The Morgan fingerprint density at radius 3 is 2.79 bits per heavy atom. The van der Waals surface area contributed by atoms with E-state index in [1.807, 2.05) is 71.6 Å². The number of hydrogen-bond acceptors (Lipinski definition) is 3. The van der Waals surface area contributed by atoms with E-state index in [9.17, 15) is 4.79 Å². The first-order valence-electron chi connectivity index (χ1n) is 9.29. The van der Waals surface area contributed by atoms with Crippen LogP contribution in [0.4, 0.5) is 5.69 Å². The number of hydrogen-bond donors (Lipinski definition) is 1. The molecular weight excluding hydrogens is 362 g/mol. The minimum Gasteiger partial charge on any atom is -0.346 e. The minimum atomic E-state index is -0.224. The van der Waals surface area contributed by atoms with Gasteiger partial charge in [-0.25, -0.2) is 4.68 Å². The molecule has 1 amide bonds. The van der Waals surface area contributed by atoms with Crippen molar-refractivity contribution in [2.24, 2.45) is 0 Å². The van der Waals surface area contributed by atoms with Crippen LogP contribution in [0, 0.1) is 11.3 Å². The molecule has 4 rings (SSSR count). The van der Waals surface area contributed by atoms with E-state index in [-0.39, 0.29) is 5.91 Å². The van der Waals surface area contributed by atoms with Gasteiger partial charge < -0.3 is 9.88 Å². The smallest absolute Gasteiger partial charge is 0.248 e. The SMILES string of the molecule is N#CCCn1cc(/C=C/C(=O)Nc2ccccc2-n2cccn2)c2ccccc21. The summed E-state index contributed by atoms with van der Waals surface area (Å²) in [6.07, 6.45) is 9.26. The summed E-state index contributed by atoms with van der Waals surface area (Å²) in [7, 11) is 0. The topological polar surface area (TPSA) is 75.6 Å². The molecule has 2 aromatic carbocycles. The zero-order chi connectivity index (χ0) is 20.1. The van der Waals surface area contributed by atoms with Gasteiger partial charge in [-0.05, 0) is 30.3 Å². The number of anilines is 1. The summed E-state index contributed by atoms with van der Waals surface area (Å²) in [5.74, 6) is -0.224. The molecular formula is C23H19N5O. The molecule has 0 aliphatic heterocycles. The largest absolute Gasteiger partial charge is 0.346 e. The maximum Gasteiger partial charge on any atom is 0.248 e. The van der Waals surface area contributed by atoms with Crippen molar-refractivity contribution in [1.82, 2.24) is 14.3 Å². The van der Waals surface area contributed by atoms with Crippen LogP contribution in [0.3, 0.4) is 0 Å². The zero-order valence-electron chi connectivity index (χ0n) is 15.7. The highest BCUT2D eigenvalue weighted by Gasteiger charge is 2.08. The number of carbonyl (C=O) groups is 1. The van der Waals surface area contributed by atoms with E-state index < -0.39 is 0 Å². The summed E-state index contributed by atoms with van der Waals surface area (Å²) < 4.78 is 3.76. The summed E-state index contributed by atoms with van der Waals surface area (Å²) in [5.41, 5.74) is 3.47. The molecule has 2 aromatic heterocycles. The van der Waals surface area contributed by atoms with Crippen molar-refractivity contribution in [2.45, 2.75) is 13.0 Å². The second kappa shape index (κ2) is 8.28. The number of carbonyl (C=O) groups excluding carboxylic acids is 1. The second-order valence-corrected chi connectivity index (χ2v) is 6.49. The quantitative estimate of drug-likeness (QED) is 0.503. The van der Waals surface area contributed by atoms with Crippen molar-refractivity contribution in [1.29, 1.82) is 5.26 Å². The molecule has 4 aromatic rings. The predicted octanol–water partition coefficient (Wildman–Crippen LogP) is 4.39. The molecule has 0 saturated heterocycles. The van der Waals surface area contributed by atoms with E-state index in [1.54, 1.807) is 17.0 Å². The number of aryl methyl sites for hydroxylation is 1. The number of nitriles is 1. The van der Waals surface area contributed by atoms with Crippen LogP contribution >= 0.6 is 0 Å². The van der Waals surface area contributed by atoms with Gasteiger partial charge in [0.05, 0.1) is 23.9 Å². The fraction of sp³-hybridized carbons (Fsp3) is 0.0870. The van der Waals surface area contributed by atoms with Crippen LogP contribution in [0.25, 0.3) is 22.7 Å². The molecule has 0 spiro atoms. The molecule has 1 N–H and O–H groups in total. The summed E-state index contributed by atoms with van der Waals surface area (Å²) in [6.45, 7) is 0.619. The van der Waals surface area contributed by atoms with Gasteiger partial charge in [-0.2, -0.15) is 10.4 Å². The third-order valence-corrected chi connectivity index (χ3v) is 4.61. The van der Waals surface area contributed by atoms with Gasteiger partial charge in [0, 0.05) is 47.7 Å². The monoisotopic (exact) mass is 381 g/mol. The number of benzene rings is 2. The Labute approximate surface area is 168 Å². The Balaban J connectivity index is 1.57. The van der Waals surface area contributed by atoms with Crippen LogP contribution in [0.15, 0.2) is 79.3 Å². The van der Waals surface area contributed by atoms with Crippen LogP contribution < -0.4 is 5.32 Å². The van der Waals surface area contributed by atoms with Crippen LogP contribution in [0.5, 0.6) is 0 Å². The molecule has 6 heteroatoms. The van der Waals surface area contributed by atoms with E-state index >= 15 is 0 Å². The van der Waals surface area contributed by atoms with Gasteiger partial charge in [-0.15, -0.1) is 0 Å². The highest BCUT2D eigenvalue weighted by atomic mass is 16.1. The normalized spacial score (nSPS) is 11.0. The minimum absolute atomic E-state index is 0.224. The molecule has 142 valence electrons. The van der Waals surface area contributed by atoms with E-state index in [2.05, 4.69) is 16.5 Å². The van der Waals surface area contributed by atoms with Crippen molar-refractivity contribution in [3.8, 4) is 11.8 Å². The lowest BCUT2D eigenvalue weighted by molar-refractivity contribution is -0.111. The van der Waals surface area contributed by atoms with E-state index in [4.69, 9.17) is 5.26 Å².